The second-order valence-corrected chi connectivity index (χ2v) is 13.1. The summed E-state index contributed by atoms with van der Waals surface area (Å²) in [4.78, 5) is 5.10. The average molecular weight is 631 g/mol. The van der Waals surface area contributed by atoms with Crippen LogP contribution >= 0.6 is 0 Å². The molecular weight excluding hydrogens is 613 g/mol. The number of pyridine rings is 1. The molecule has 0 atom stereocenters. The van der Waals surface area contributed by atoms with Gasteiger partial charge >= 0.3 is 203 Å². The number of aromatic nitrogens is 1. The summed E-state index contributed by atoms with van der Waals surface area (Å²) in [7, 11) is 0. The summed E-state index contributed by atoms with van der Waals surface area (Å²) in [5, 5.41) is 0.953. The Balaban J connectivity index is 1.79. The van der Waals surface area contributed by atoms with Gasteiger partial charge in [0.15, 0.2) is 0 Å². The van der Waals surface area contributed by atoms with E-state index in [0.717, 1.165) is 10.9 Å². The van der Waals surface area contributed by atoms with Crippen molar-refractivity contribution in [2.45, 2.75) is 0 Å². The van der Waals surface area contributed by atoms with Gasteiger partial charge in [0.1, 0.15) is 0 Å². The van der Waals surface area contributed by atoms with E-state index in [1.54, 1.807) is 6.07 Å². The summed E-state index contributed by atoms with van der Waals surface area (Å²) in [6, 6.07) is 36.8. The Morgan fingerprint density at radius 2 is 1.19 bits per heavy atom. The van der Waals surface area contributed by atoms with E-state index in [1.165, 1.54) is 31.8 Å². The van der Waals surface area contributed by atoms with E-state index in [-0.39, 0.29) is 5.82 Å². The van der Waals surface area contributed by atoms with Gasteiger partial charge in [-0.2, -0.15) is 0 Å². The van der Waals surface area contributed by atoms with Crippen molar-refractivity contribution in [2.24, 2.45) is 0 Å². The summed E-state index contributed by atoms with van der Waals surface area (Å²) in [6.45, 7) is 0. The van der Waals surface area contributed by atoms with Crippen LogP contribution < -0.4 is 14.6 Å². The van der Waals surface area contributed by atoms with Crippen molar-refractivity contribution in [1.29, 1.82) is 0 Å². The fraction of sp³-hybridized carbons (Fsp3) is 0. The fourth-order valence-electron chi connectivity index (χ4n) is 3.43. The summed E-state index contributed by atoms with van der Waals surface area (Å²) >= 11 is -1.44. The van der Waals surface area contributed by atoms with Crippen molar-refractivity contribution >= 4 is 67.3 Å². The van der Waals surface area contributed by atoms with Crippen molar-refractivity contribution in [3.05, 3.63) is 115 Å². The Morgan fingerprint density at radius 1 is 0.613 bits per heavy atom. The van der Waals surface area contributed by atoms with Crippen LogP contribution in [0.3, 0.4) is 0 Å². The first-order valence-electron chi connectivity index (χ1n) is 9.92. The van der Waals surface area contributed by atoms with Crippen molar-refractivity contribution < 1.29 is 4.39 Å². The Bertz CT molecular complexity index is 1320. The molecule has 1 heterocycles. The molecule has 0 bridgehead atoms. The van der Waals surface area contributed by atoms with Crippen LogP contribution in [0.15, 0.2) is 109 Å². The first kappa shape index (κ1) is 20.7. The molecule has 150 valence electrons. The summed E-state index contributed by atoms with van der Waals surface area (Å²) < 4.78 is 19.5. The summed E-state index contributed by atoms with van der Waals surface area (Å²) in [5.41, 5.74) is 3.29. The van der Waals surface area contributed by atoms with Gasteiger partial charge in [-0.25, -0.2) is 0 Å². The maximum absolute atomic E-state index is 14.3. The zero-order valence-electron chi connectivity index (χ0n) is 16.5. The van der Waals surface area contributed by atoms with Crippen LogP contribution in [0.2, 0.25) is 0 Å². The first-order chi connectivity index (χ1) is 15.3. The van der Waals surface area contributed by atoms with E-state index in [0.29, 0.717) is 0 Å². The average Bonchev–Trinajstić information content (AvgIpc) is 2.81. The van der Waals surface area contributed by atoms with Crippen molar-refractivity contribution in [3.63, 3.8) is 0 Å². The maximum atomic E-state index is 14.3. The molecule has 0 N–H and O–H groups in total. The van der Waals surface area contributed by atoms with Gasteiger partial charge in [0.25, 0.3) is 0 Å². The molecule has 31 heavy (non-hydrogen) atoms. The van der Waals surface area contributed by atoms with E-state index in [4.69, 9.17) is 4.98 Å². The molecule has 1 nitrogen and oxygen atoms in total. The minimum atomic E-state index is -0.740. The van der Waals surface area contributed by atoms with Gasteiger partial charge in [0, 0.05) is 0 Å². The molecule has 0 amide bonds. The first-order valence-corrected chi connectivity index (χ1v) is 14.6. The molecule has 0 fully saturated rings. The number of rotatable bonds is 5. The predicted molar refractivity (Wildman–Crippen MR) is 130 cm³/mol. The number of halogens is 1. The van der Waals surface area contributed by atoms with E-state index in [2.05, 4.69) is 78.9 Å². The van der Waals surface area contributed by atoms with Crippen LogP contribution in [-0.2, 0) is 0 Å². The molecule has 0 spiro atoms. The molecular formula is C27H18FNTe2. The van der Waals surface area contributed by atoms with Crippen LogP contribution in [0.5, 0.6) is 0 Å². The molecule has 0 aliphatic rings. The Kier molecular flexibility index (Phi) is 6.35. The topological polar surface area (TPSA) is 12.9 Å². The zero-order valence-corrected chi connectivity index (χ0v) is 21.2. The second kappa shape index (κ2) is 9.52. The zero-order chi connectivity index (χ0) is 21.0. The van der Waals surface area contributed by atoms with E-state index in [1.807, 2.05) is 18.2 Å². The summed E-state index contributed by atoms with van der Waals surface area (Å²) in [6.07, 6.45) is 0. The summed E-state index contributed by atoms with van der Waals surface area (Å²) in [5.74, 6) is -0.206. The monoisotopic (exact) mass is 635 g/mol. The quantitative estimate of drug-likeness (QED) is 0.272. The molecule has 1 aromatic heterocycles. The molecule has 4 heteroatoms. The SMILES string of the molecule is Fc1ccc2nc([Te]c3ccccc3)c(-c3ccccc3)c([Te]c3ccccc3)c2c1. The predicted octanol–water partition coefficient (Wildman–Crippen LogP) is 3.35. The number of benzene rings is 4. The number of hydrogen-bond acceptors (Lipinski definition) is 1. The van der Waals surface area contributed by atoms with Crippen molar-refractivity contribution in [2.75, 3.05) is 0 Å². The van der Waals surface area contributed by atoms with Gasteiger partial charge < -0.3 is 0 Å². The molecule has 5 rings (SSSR count). The number of hydrogen-bond donors (Lipinski definition) is 0. The van der Waals surface area contributed by atoms with Crippen LogP contribution in [0, 0.1) is 5.82 Å². The van der Waals surface area contributed by atoms with E-state index >= 15 is 0 Å². The van der Waals surface area contributed by atoms with Gasteiger partial charge in [0.2, 0.25) is 0 Å². The third-order valence-electron chi connectivity index (χ3n) is 4.85. The van der Waals surface area contributed by atoms with Crippen LogP contribution in [0.4, 0.5) is 4.39 Å². The Labute approximate surface area is 201 Å². The third-order valence-corrected chi connectivity index (χ3v) is 10.9. The standard InChI is InChI=1S/C27H18FNTe2/c28-20-16-17-24-23(18-20)26(30-21-12-6-2-7-13-21)25(19-10-4-1-5-11-19)27(29-24)31-22-14-8-3-9-15-22/h1-18H. The Hall–Kier alpha value is -2.20. The fourth-order valence-corrected chi connectivity index (χ4v) is 10.1. The molecule has 0 aliphatic heterocycles. The van der Waals surface area contributed by atoms with Gasteiger partial charge in [-0.3, -0.25) is 0 Å². The number of nitrogens with zero attached hydrogens (tertiary/aromatic N) is 1. The second-order valence-electron chi connectivity index (χ2n) is 6.98. The van der Waals surface area contributed by atoms with Crippen molar-refractivity contribution in [1.82, 2.24) is 4.98 Å². The van der Waals surface area contributed by atoms with Gasteiger partial charge in [-0.1, -0.05) is 0 Å². The normalized spacial score (nSPS) is 11.0. The molecule has 0 aliphatic carbocycles. The van der Waals surface area contributed by atoms with Gasteiger partial charge in [0.05, 0.1) is 0 Å². The Morgan fingerprint density at radius 3 is 1.84 bits per heavy atom. The van der Waals surface area contributed by atoms with Crippen LogP contribution in [0.25, 0.3) is 22.0 Å². The van der Waals surface area contributed by atoms with Crippen molar-refractivity contribution in [3.8, 4) is 11.1 Å². The molecule has 0 saturated heterocycles. The minimum absolute atomic E-state index is 0.206. The number of fused-ring (bicyclic) bond motifs is 1. The molecule has 0 radical (unpaired) electrons. The van der Waals surface area contributed by atoms with Crippen LogP contribution in [-0.4, -0.2) is 46.8 Å². The van der Waals surface area contributed by atoms with Gasteiger partial charge in [-0.05, 0) is 0 Å². The molecule has 4 aromatic carbocycles. The van der Waals surface area contributed by atoms with Gasteiger partial charge in [-0.15, -0.1) is 0 Å². The van der Waals surface area contributed by atoms with E-state index < -0.39 is 41.8 Å². The molecule has 0 saturated carbocycles. The van der Waals surface area contributed by atoms with E-state index in [9.17, 15) is 4.39 Å². The third kappa shape index (κ3) is 4.69. The van der Waals surface area contributed by atoms with Crippen LogP contribution in [0.1, 0.15) is 0 Å². The molecule has 0 unspecified atom stereocenters. The molecule has 5 aromatic rings.